The van der Waals surface area contributed by atoms with Crippen molar-refractivity contribution >= 4 is 22.8 Å². The number of anilines is 1. The normalized spacial score (nSPS) is 26.1. The number of halogens is 2. The van der Waals surface area contributed by atoms with E-state index in [9.17, 15) is 13.6 Å². The number of carbonyl (C=O) groups excluding carboxylic acids is 1. The van der Waals surface area contributed by atoms with E-state index in [0.29, 0.717) is 6.42 Å². The van der Waals surface area contributed by atoms with Gasteiger partial charge in [-0.25, -0.2) is 18.7 Å². The first-order valence-corrected chi connectivity index (χ1v) is 9.53. The third-order valence-electron chi connectivity index (χ3n) is 6.38. The maximum Gasteiger partial charge on any atom is 0.309 e. The maximum absolute atomic E-state index is 12.9. The summed E-state index contributed by atoms with van der Waals surface area (Å²) in [6.07, 6.45) is 5.77. The molecule has 2 saturated carbocycles. The summed E-state index contributed by atoms with van der Waals surface area (Å²) in [6, 6.07) is 1.97. The quantitative estimate of drug-likeness (QED) is 0.830. The third kappa shape index (κ3) is 2.95. The summed E-state index contributed by atoms with van der Waals surface area (Å²) in [5.41, 5.74) is 0.746. The number of carbonyl (C=O) groups is 1. The molecule has 3 fully saturated rings. The Morgan fingerprint density at radius 1 is 1.33 bits per heavy atom. The van der Waals surface area contributed by atoms with Gasteiger partial charge in [-0.3, -0.25) is 4.79 Å². The summed E-state index contributed by atoms with van der Waals surface area (Å²) in [6.45, 7) is 1.62. The molecule has 8 heteroatoms. The predicted octanol–water partition coefficient (Wildman–Crippen LogP) is 3.15. The van der Waals surface area contributed by atoms with Gasteiger partial charge in [0, 0.05) is 43.5 Å². The van der Waals surface area contributed by atoms with Crippen LogP contribution in [0.2, 0.25) is 0 Å². The van der Waals surface area contributed by atoms with Gasteiger partial charge in [0.05, 0.1) is 17.9 Å². The number of hydrogen-bond acceptors (Lipinski definition) is 5. The average molecular weight is 376 g/mol. The lowest BCUT2D eigenvalue weighted by molar-refractivity contribution is -0.164. The fourth-order valence-electron chi connectivity index (χ4n) is 4.69. The van der Waals surface area contributed by atoms with E-state index >= 15 is 0 Å². The van der Waals surface area contributed by atoms with Gasteiger partial charge in [0.1, 0.15) is 17.8 Å². The van der Waals surface area contributed by atoms with E-state index < -0.39 is 5.92 Å². The monoisotopic (exact) mass is 376 g/mol. The van der Waals surface area contributed by atoms with Crippen LogP contribution >= 0.6 is 0 Å². The molecule has 3 aliphatic rings. The van der Waals surface area contributed by atoms with Crippen molar-refractivity contribution < 1.29 is 18.3 Å². The number of rotatable bonds is 4. The van der Waals surface area contributed by atoms with E-state index in [0.717, 1.165) is 42.8 Å². The maximum atomic E-state index is 12.9. The molecule has 1 aliphatic heterocycles. The zero-order valence-corrected chi connectivity index (χ0v) is 15.0. The van der Waals surface area contributed by atoms with Gasteiger partial charge in [0.25, 0.3) is 0 Å². The van der Waals surface area contributed by atoms with E-state index in [2.05, 4.69) is 19.9 Å². The Morgan fingerprint density at radius 3 is 2.89 bits per heavy atom. The van der Waals surface area contributed by atoms with Crippen molar-refractivity contribution in [2.75, 3.05) is 24.6 Å². The molecule has 0 radical (unpaired) electrons. The van der Waals surface area contributed by atoms with Crippen LogP contribution in [-0.2, 0) is 9.53 Å². The van der Waals surface area contributed by atoms with Crippen molar-refractivity contribution in [3.63, 3.8) is 0 Å². The highest BCUT2D eigenvalue weighted by Gasteiger charge is 2.56. The molecule has 1 saturated heterocycles. The summed E-state index contributed by atoms with van der Waals surface area (Å²) in [5.74, 6) is -2.21. The molecule has 1 atom stereocenters. The van der Waals surface area contributed by atoms with Crippen molar-refractivity contribution in [1.82, 2.24) is 15.0 Å². The third-order valence-corrected chi connectivity index (χ3v) is 6.38. The van der Waals surface area contributed by atoms with E-state index in [1.54, 1.807) is 6.33 Å². The van der Waals surface area contributed by atoms with Crippen LogP contribution in [0.3, 0.4) is 0 Å². The summed E-state index contributed by atoms with van der Waals surface area (Å²) in [5, 5.41) is 0.986. The molecule has 2 aromatic heterocycles. The Kier molecular flexibility index (Phi) is 3.67. The number of piperidine rings is 1. The number of aromatic amines is 1. The SMILES string of the molecule is O=C(OCC1CC(F)(F)C1)C1CCN(c2ncnc3[nH]ccc23)CC12CC2. The van der Waals surface area contributed by atoms with Crippen molar-refractivity contribution in [3.05, 3.63) is 18.6 Å². The van der Waals surface area contributed by atoms with Gasteiger partial charge in [-0.15, -0.1) is 0 Å². The van der Waals surface area contributed by atoms with Crippen LogP contribution in [0.25, 0.3) is 11.0 Å². The first kappa shape index (κ1) is 16.9. The van der Waals surface area contributed by atoms with E-state index in [1.807, 2.05) is 12.3 Å². The van der Waals surface area contributed by atoms with Crippen LogP contribution in [-0.4, -0.2) is 46.5 Å². The smallest absolute Gasteiger partial charge is 0.309 e. The molecular formula is C19H22F2N4O2. The van der Waals surface area contributed by atoms with Crippen LogP contribution in [0.1, 0.15) is 32.1 Å². The van der Waals surface area contributed by atoms with Gasteiger partial charge in [0.2, 0.25) is 5.92 Å². The van der Waals surface area contributed by atoms with Crippen LogP contribution in [0, 0.1) is 17.3 Å². The Balaban J connectivity index is 1.25. The van der Waals surface area contributed by atoms with Crippen LogP contribution in [0.5, 0.6) is 0 Å². The Hall–Kier alpha value is -2.25. The lowest BCUT2D eigenvalue weighted by atomic mass is 9.81. The lowest BCUT2D eigenvalue weighted by Crippen LogP contribution is -2.46. The zero-order chi connectivity index (χ0) is 18.6. The summed E-state index contributed by atoms with van der Waals surface area (Å²) in [4.78, 5) is 26.7. The number of ether oxygens (including phenoxy) is 1. The fraction of sp³-hybridized carbons (Fsp3) is 0.632. The highest BCUT2D eigenvalue weighted by molar-refractivity contribution is 5.87. The zero-order valence-electron chi connectivity index (χ0n) is 15.0. The Labute approximate surface area is 155 Å². The van der Waals surface area contributed by atoms with E-state index in [4.69, 9.17) is 4.74 Å². The number of alkyl halides is 2. The largest absolute Gasteiger partial charge is 0.465 e. The second-order valence-electron chi connectivity index (χ2n) is 8.32. The van der Waals surface area contributed by atoms with Crippen LogP contribution < -0.4 is 4.90 Å². The summed E-state index contributed by atoms with van der Waals surface area (Å²) >= 11 is 0. The van der Waals surface area contributed by atoms with E-state index in [-0.39, 0.29) is 42.7 Å². The second-order valence-corrected chi connectivity index (χ2v) is 8.32. The molecule has 0 bridgehead atoms. The number of aromatic nitrogens is 3. The lowest BCUT2D eigenvalue weighted by Gasteiger charge is -2.39. The average Bonchev–Trinajstić information content (AvgIpc) is 3.19. The van der Waals surface area contributed by atoms with Crippen molar-refractivity contribution in [1.29, 1.82) is 0 Å². The highest BCUT2D eigenvalue weighted by atomic mass is 19.3. The molecule has 0 amide bonds. The summed E-state index contributed by atoms with van der Waals surface area (Å²) < 4.78 is 31.3. The number of nitrogens with zero attached hydrogens (tertiary/aromatic N) is 3. The van der Waals surface area contributed by atoms with Crippen molar-refractivity contribution in [2.45, 2.75) is 38.0 Å². The summed E-state index contributed by atoms with van der Waals surface area (Å²) in [7, 11) is 0. The Bertz CT molecular complexity index is 871. The van der Waals surface area contributed by atoms with E-state index in [1.165, 1.54) is 0 Å². The molecule has 1 spiro atoms. The molecule has 1 unspecified atom stereocenters. The van der Waals surface area contributed by atoms with Crippen LogP contribution in [0.15, 0.2) is 18.6 Å². The number of hydrogen-bond donors (Lipinski definition) is 1. The standard InChI is InChI=1S/C19H22F2N4O2/c20-19(21)7-12(8-19)9-27-17(26)14-2-6-25(10-18(14)3-4-18)16-13-1-5-22-15(13)23-11-24-16/h1,5,11-12,14H,2-4,6-10H2,(H,22,23,24). The molecule has 2 aromatic rings. The minimum atomic E-state index is -2.57. The topological polar surface area (TPSA) is 71.1 Å². The molecule has 3 heterocycles. The second kappa shape index (κ2) is 5.87. The minimum absolute atomic E-state index is 0.0630. The van der Waals surface area contributed by atoms with Gasteiger partial charge in [0.15, 0.2) is 0 Å². The molecule has 5 rings (SSSR count). The number of esters is 1. The molecule has 144 valence electrons. The minimum Gasteiger partial charge on any atom is -0.465 e. The van der Waals surface area contributed by atoms with Gasteiger partial charge in [-0.1, -0.05) is 0 Å². The first-order valence-electron chi connectivity index (χ1n) is 9.53. The van der Waals surface area contributed by atoms with Gasteiger partial charge in [-0.2, -0.15) is 0 Å². The van der Waals surface area contributed by atoms with Crippen LogP contribution in [0.4, 0.5) is 14.6 Å². The molecule has 1 N–H and O–H groups in total. The number of H-pyrrole nitrogens is 1. The number of nitrogens with one attached hydrogen (secondary N) is 1. The first-order chi connectivity index (χ1) is 13.0. The molecule has 6 nitrogen and oxygen atoms in total. The molecule has 2 aliphatic carbocycles. The predicted molar refractivity (Wildman–Crippen MR) is 94.5 cm³/mol. The number of fused-ring (bicyclic) bond motifs is 1. The van der Waals surface area contributed by atoms with Gasteiger partial charge < -0.3 is 14.6 Å². The Morgan fingerprint density at radius 2 is 2.15 bits per heavy atom. The van der Waals surface area contributed by atoms with Crippen molar-refractivity contribution in [2.24, 2.45) is 17.3 Å². The fourth-order valence-corrected chi connectivity index (χ4v) is 4.69. The molecule has 27 heavy (non-hydrogen) atoms. The van der Waals surface area contributed by atoms with Gasteiger partial charge >= 0.3 is 5.97 Å². The van der Waals surface area contributed by atoms with Gasteiger partial charge in [-0.05, 0) is 25.3 Å². The molecule has 0 aromatic carbocycles. The highest BCUT2D eigenvalue weighted by Crippen LogP contribution is 2.56. The molecular weight excluding hydrogens is 354 g/mol. The van der Waals surface area contributed by atoms with Crippen molar-refractivity contribution in [3.8, 4) is 0 Å².